The van der Waals surface area contributed by atoms with E-state index >= 15 is 0 Å². The van der Waals surface area contributed by atoms with Crippen molar-refractivity contribution in [1.29, 1.82) is 0 Å². The van der Waals surface area contributed by atoms with Crippen LogP contribution in [0.3, 0.4) is 0 Å². The summed E-state index contributed by atoms with van der Waals surface area (Å²) >= 11 is 0. The van der Waals surface area contributed by atoms with E-state index in [9.17, 15) is 8.42 Å². The molecule has 0 saturated carbocycles. The molecular formula is C13H20N2O3S. The molecule has 1 aromatic rings. The summed E-state index contributed by atoms with van der Waals surface area (Å²) in [6.07, 6.45) is 0.526. The molecule has 1 saturated heterocycles. The average Bonchev–Trinajstić information content (AvgIpc) is 2.61. The van der Waals surface area contributed by atoms with Crippen LogP contribution >= 0.6 is 0 Å². The number of nitrogens with one attached hydrogen (secondary N) is 1. The Balaban J connectivity index is 2.30. The highest BCUT2D eigenvalue weighted by atomic mass is 32.2. The molecule has 6 heteroatoms. The van der Waals surface area contributed by atoms with Crippen LogP contribution in [0.1, 0.15) is 25.8 Å². The normalized spacial score (nSPS) is 27.6. The topological polar surface area (TPSA) is 81.4 Å². The highest BCUT2D eigenvalue weighted by molar-refractivity contribution is 7.89. The number of ether oxygens (including phenoxy) is 1. The quantitative estimate of drug-likeness (QED) is 0.823. The molecule has 1 fully saturated rings. The Labute approximate surface area is 114 Å². The minimum Gasteiger partial charge on any atom is -0.399 e. The van der Waals surface area contributed by atoms with Crippen molar-refractivity contribution >= 4 is 15.7 Å². The maximum atomic E-state index is 12.4. The van der Waals surface area contributed by atoms with Crippen LogP contribution in [0.15, 0.2) is 23.1 Å². The van der Waals surface area contributed by atoms with E-state index in [0.717, 1.165) is 5.56 Å². The minimum atomic E-state index is -3.56. The van der Waals surface area contributed by atoms with Gasteiger partial charge in [0.15, 0.2) is 0 Å². The van der Waals surface area contributed by atoms with E-state index in [1.54, 1.807) is 19.1 Å². The van der Waals surface area contributed by atoms with Gasteiger partial charge < -0.3 is 10.5 Å². The number of hydrogen-bond donors (Lipinski definition) is 2. The lowest BCUT2D eigenvalue weighted by atomic mass is 9.97. The monoisotopic (exact) mass is 284 g/mol. The molecular weight excluding hydrogens is 264 g/mol. The number of hydrogen-bond acceptors (Lipinski definition) is 4. The number of rotatable bonds is 3. The van der Waals surface area contributed by atoms with Crippen molar-refractivity contribution < 1.29 is 13.2 Å². The summed E-state index contributed by atoms with van der Waals surface area (Å²) in [7, 11) is -3.56. The van der Waals surface area contributed by atoms with Crippen molar-refractivity contribution in [2.45, 2.75) is 43.7 Å². The first-order valence-corrected chi connectivity index (χ1v) is 7.75. The third kappa shape index (κ3) is 2.75. The van der Waals surface area contributed by atoms with Gasteiger partial charge in [0.25, 0.3) is 0 Å². The van der Waals surface area contributed by atoms with Crippen molar-refractivity contribution in [1.82, 2.24) is 4.72 Å². The van der Waals surface area contributed by atoms with Gasteiger partial charge in [-0.05, 0) is 51.0 Å². The predicted molar refractivity (Wildman–Crippen MR) is 74.3 cm³/mol. The van der Waals surface area contributed by atoms with Gasteiger partial charge in [-0.15, -0.1) is 0 Å². The molecule has 0 bridgehead atoms. The molecule has 106 valence electrons. The van der Waals surface area contributed by atoms with Crippen LogP contribution in [-0.4, -0.2) is 26.7 Å². The standard InChI is InChI=1S/C13H20N2O3S/c1-9-8-11(4-5-12(9)14)19(16,17)15-13(3)6-7-18-10(13)2/h4-5,8,10,15H,6-7,14H2,1-3H3. The zero-order valence-electron chi connectivity index (χ0n) is 11.4. The second-order valence-corrected chi connectivity index (χ2v) is 6.99. The van der Waals surface area contributed by atoms with E-state index in [2.05, 4.69) is 4.72 Å². The van der Waals surface area contributed by atoms with E-state index in [1.807, 2.05) is 13.8 Å². The Morgan fingerprint density at radius 3 is 2.68 bits per heavy atom. The fraction of sp³-hybridized carbons (Fsp3) is 0.538. The molecule has 2 unspecified atom stereocenters. The maximum absolute atomic E-state index is 12.4. The van der Waals surface area contributed by atoms with Crippen LogP contribution in [0.25, 0.3) is 0 Å². The summed E-state index contributed by atoms with van der Waals surface area (Å²) in [5, 5.41) is 0. The van der Waals surface area contributed by atoms with E-state index < -0.39 is 15.6 Å². The number of anilines is 1. The Morgan fingerprint density at radius 1 is 1.47 bits per heavy atom. The summed E-state index contributed by atoms with van der Waals surface area (Å²) in [6.45, 7) is 6.11. The smallest absolute Gasteiger partial charge is 0.241 e. The van der Waals surface area contributed by atoms with Gasteiger partial charge in [0.05, 0.1) is 16.5 Å². The van der Waals surface area contributed by atoms with Gasteiger partial charge >= 0.3 is 0 Å². The third-order valence-corrected chi connectivity index (χ3v) is 5.42. The molecule has 0 aromatic heterocycles. The molecule has 0 amide bonds. The van der Waals surface area contributed by atoms with E-state index in [-0.39, 0.29) is 11.0 Å². The Kier molecular flexibility index (Phi) is 3.59. The van der Waals surface area contributed by atoms with Crippen molar-refractivity contribution in [3.05, 3.63) is 23.8 Å². The van der Waals surface area contributed by atoms with Gasteiger partial charge in [-0.1, -0.05) is 0 Å². The van der Waals surface area contributed by atoms with Crippen molar-refractivity contribution in [2.75, 3.05) is 12.3 Å². The van der Waals surface area contributed by atoms with Crippen LogP contribution in [0, 0.1) is 6.92 Å². The molecule has 1 heterocycles. The Morgan fingerprint density at radius 2 is 2.16 bits per heavy atom. The Hall–Kier alpha value is -1.11. The number of nitrogens with two attached hydrogens (primary N) is 1. The summed E-state index contributed by atoms with van der Waals surface area (Å²) in [5.74, 6) is 0. The largest absolute Gasteiger partial charge is 0.399 e. The molecule has 0 radical (unpaired) electrons. The molecule has 1 aliphatic rings. The van der Waals surface area contributed by atoms with E-state index in [1.165, 1.54) is 6.07 Å². The summed E-state index contributed by atoms with van der Waals surface area (Å²) in [4.78, 5) is 0.236. The summed E-state index contributed by atoms with van der Waals surface area (Å²) in [6, 6.07) is 4.72. The van der Waals surface area contributed by atoms with Gasteiger partial charge in [-0.2, -0.15) is 0 Å². The van der Waals surface area contributed by atoms with Gasteiger partial charge in [0, 0.05) is 12.3 Å². The van der Waals surface area contributed by atoms with Gasteiger partial charge in [-0.3, -0.25) is 0 Å². The molecule has 1 aromatic carbocycles. The molecule has 2 rings (SSSR count). The fourth-order valence-corrected chi connectivity index (χ4v) is 3.73. The fourth-order valence-electron chi connectivity index (χ4n) is 2.15. The summed E-state index contributed by atoms with van der Waals surface area (Å²) < 4.78 is 33.0. The SMILES string of the molecule is Cc1cc(S(=O)(=O)NC2(C)CCOC2C)ccc1N. The second-order valence-electron chi connectivity index (χ2n) is 5.30. The molecule has 3 N–H and O–H groups in total. The van der Waals surface area contributed by atoms with E-state index in [4.69, 9.17) is 10.5 Å². The van der Waals surface area contributed by atoms with Crippen LogP contribution in [0.5, 0.6) is 0 Å². The first-order chi connectivity index (χ1) is 8.74. The third-order valence-electron chi connectivity index (χ3n) is 3.81. The lowest BCUT2D eigenvalue weighted by molar-refractivity contribution is 0.0957. The number of sulfonamides is 1. The molecule has 19 heavy (non-hydrogen) atoms. The van der Waals surface area contributed by atoms with Crippen molar-refractivity contribution in [3.63, 3.8) is 0 Å². The highest BCUT2D eigenvalue weighted by Crippen LogP contribution is 2.27. The second kappa shape index (κ2) is 4.77. The number of nitrogen functional groups attached to an aromatic ring is 1. The van der Waals surface area contributed by atoms with Crippen molar-refractivity contribution in [3.8, 4) is 0 Å². The van der Waals surface area contributed by atoms with Crippen LogP contribution < -0.4 is 10.5 Å². The first-order valence-electron chi connectivity index (χ1n) is 6.26. The lowest BCUT2D eigenvalue weighted by Crippen LogP contribution is -2.50. The zero-order valence-corrected chi connectivity index (χ0v) is 12.3. The van der Waals surface area contributed by atoms with Crippen LogP contribution in [0.2, 0.25) is 0 Å². The molecule has 0 aliphatic carbocycles. The lowest BCUT2D eigenvalue weighted by Gasteiger charge is -2.28. The molecule has 1 aliphatic heterocycles. The van der Waals surface area contributed by atoms with Gasteiger partial charge in [-0.25, -0.2) is 13.1 Å². The van der Waals surface area contributed by atoms with Crippen LogP contribution in [-0.2, 0) is 14.8 Å². The first kappa shape index (κ1) is 14.3. The minimum absolute atomic E-state index is 0.142. The summed E-state index contributed by atoms with van der Waals surface area (Å²) in [5.41, 5.74) is 6.49. The predicted octanol–water partition coefficient (Wildman–Crippen LogP) is 1.42. The van der Waals surface area contributed by atoms with E-state index in [0.29, 0.717) is 18.7 Å². The highest BCUT2D eigenvalue weighted by Gasteiger charge is 2.40. The Bertz CT molecular complexity index is 586. The van der Waals surface area contributed by atoms with Gasteiger partial charge in [0.2, 0.25) is 10.0 Å². The van der Waals surface area contributed by atoms with Crippen molar-refractivity contribution in [2.24, 2.45) is 0 Å². The van der Waals surface area contributed by atoms with Crippen LogP contribution in [0.4, 0.5) is 5.69 Å². The zero-order chi connectivity index (χ0) is 14.3. The molecule has 5 nitrogen and oxygen atoms in total. The number of aryl methyl sites for hydroxylation is 1. The number of benzene rings is 1. The average molecular weight is 284 g/mol. The molecule has 2 atom stereocenters. The molecule has 0 spiro atoms. The maximum Gasteiger partial charge on any atom is 0.241 e. The van der Waals surface area contributed by atoms with Gasteiger partial charge in [0.1, 0.15) is 0 Å².